The van der Waals surface area contributed by atoms with E-state index in [1.165, 1.54) is 101 Å². The molecule has 3 heterocycles. The predicted molar refractivity (Wildman–Crippen MR) is 418 cm³/mol. The van der Waals surface area contributed by atoms with Gasteiger partial charge in [-0.25, -0.2) is 13.2 Å². The number of carboxylic acid groups (broad SMARTS) is 1. The lowest BCUT2D eigenvalue weighted by Crippen LogP contribution is -2.54. The third-order valence-corrected chi connectivity index (χ3v) is 21.6. The minimum absolute atomic E-state index is 0.0705. The van der Waals surface area contributed by atoms with Crippen LogP contribution in [0.25, 0.3) is 0 Å². The lowest BCUT2D eigenvalue weighted by Gasteiger charge is -2.34. The molecule has 1 unspecified atom stereocenters. The summed E-state index contributed by atoms with van der Waals surface area (Å²) < 4.78 is 50.0. The van der Waals surface area contributed by atoms with Gasteiger partial charge < -0.3 is 65.7 Å². The quantitative estimate of drug-likeness (QED) is 0.0280. The van der Waals surface area contributed by atoms with E-state index in [0.717, 1.165) is 63.6 Å². The van der Waals surface area contributed by atoms with E-state index in [4.69, 9.17) is 20.3 Å². The van der Waals surface area contributed by atoms with Crippen molar-refractivity contribution in [1.29, 1.82) is 0 Å². The first-order chi connectivity index (χ1) is 53.3. The second kappa shape index (κ2) is 42.0. The number of methoxy groups -OCH3 is 2. The molecule has 3 aliphatic heterocycles. The van der Waals surface area contributed by atoms with Crippen LogP contribution in [0.1, 0.15) is 161 Å². The molecule has 12 rings (SSSR count). The lowest BCUT2D eigenvalue weighted by atomic mass is 10.0. The van der Waals surface area contributed by atoms with Crippen LogP contribution in [0, 0.1) is 36.2 Å². The number of nitrogens with one attached hydrogen (secondary N) is 3. The van der Waals surface area contributed by atoms with Crippen molar-refractivity contribution in [3.8, 4) is 11.5 Å². The number of aryl methyl sites for hydroxylation is 1. The Hall–Kier alpha value is -9.82. The van der Waals surface area contributed by atoms with Gasteiger partial charge in [-0.1, -0.05) is 54.1 Å². The Morgan fingerprint density at radius 3 is 0.973 bits per heavy atom. The monoisotopic (exact) mass is 1530 g/mol. The van der Waals surface area contributed by atoms with Gasteiger partial charge in [0.25, 0.3) is 17.7 Å². The van der Waals surface area contributed by atoms with E-state index in [1.807, 2.05) is 45.4 Å². The number of nitrogens with zero attached hydrogens (tertiary/aromatic N) is 6. The number of halogens is 3. The Balaban J connectivity index is 0.000000181. The number of ketones is 2. The maximum atomic E-state index is 13.3. The topological polar surface area (TPSA) is 274 Å². The third-order valence-electron chi connectivity index (χ3n) is 21.6. The van der Waals surface area contributed by atoms with Crippen LogP contribution in [0.2, 0.25) is 0 Å². The molecule has 6 amide bonds. The highest BCUT2D eigenvalue weighted by molar-refractivity contribution is 5.99. The summed E-state index contributed by atoms with van der Waals surface area (Å²) in [5.74, 6) is 0.207. The minimum atomic E-state index is -0.944. The van der Waals surface area contributed by atoms with Crippen LogP contribution < -0.4 is 31.2 Å². The van der Waals surface area contributed by atoms with Gasteiger partial charge in [-0.3, -0.25) is 43.2 Å². The highest BCUT2D eigenvalue weighted by Gasteiger charge is 2.41. The molecule has 6 aromatic rings. The number of hydrogen-bond donors (Lipinski definition) is 5. The number of carbonyl (C=O) groups excluding carboxylic acids is 8. The van der Waals surface area contributed by atoms with Gasteiger partial charge in [0.1, 0.15) is 58.6 Å². The number of nitrogens with two attached hydrogens (primary N) is 1. The number of aliphatic carboxylic acids is 1. The first-order valence-electron chi connectivity index (χ1n) is 38.8. The number of hydrogen-bond acceptors (Lipinski definition) is 15. The zero-order valence-corrected chi connectivity index (χ0v) is 64.8. The average Bonchev–Trinajstić information content (AvgIpc) is 1.67. The maximum absolute atomic E-state index is 13.3. The van der Waals surface area contributed by atoms with Crippen LogP contribution in [0.15, 0.2) is 146 Å². The van der Waals surface area contributed by atoms with E-state index < -0.39 is 59.3 Å². The van der Waals surface area contributed by atoms with Crippen molar-refractivity contribution in [1.82, 2.24) is 45.3 Å². The molecular formula is C86H109F3N10O12. The van der Waals surface area contributed by atoms with Crippen molar-refractivity contribution in [2.75, 3.05) is 114 Å². The summed E-state index contributed by atoms with van der Waals surface area (Å²) in [7, 11) is 9.29. The molecule has 6 aromatic carbocycles. The summed E-state index contributed by atoms with van der Waals surface area (Å²) in [6, 6.07) is 38.5. The number of carboxylic acids is 1. The van der Waals surface area contributed by atoms with Crippen LogP contribution >= 0.6 is 0 Å². The van der Waals surface area contributed by atoms with E-state index in [1.54, 1.807) is 28.9 Å². The standard InChI is InChI=1S/2C29H36FN3O4.C18H24FN3O4.C10H13N/c2*1-32-14-16-33(17-15-32)29(36)27(31-28(35)21-6-10-23(30)11-7-21)5-3-4-24(34)18-22-19-26(22)20-8-12-25(37-2)13-9-20;1-21-9-11-22(12-10-21)18(26)15(3-2-4-16(23)24)20-17(25)13-5-7-14(19)8-6-13;1-7-2-4-8(5-3-7)9-6-10(9)11/h2*6-13,22,26-27H,3-5,14-19H2,1-2H3,(H,31,35);5-8,15H,2-4,9-12H2,1H3,(H,20,25)(H,23,24);2-5,9-10H,6,11H2,1H3/t2*22-,26+,27+;15-;9?,10-/m1101/s1. The molecule has 0 spiro atoms. The summed E-state index contributed by atoms with van der Waals surface area (Å²) in [6.45, 7) is 10.3. The van der Waals surface area contributed by atoms with Gasteiger partial charge in [-0.05, 0) is 223 Å². The molecule has 596 valence electrons. The molecule has 3 saturated heterocycles. The van der Waals surface area contributed by atoms with Gasteiger partial charge in [0, 0.05) is 139 Å². The van der Waals surface area contributed by atoms with Crippen LogP contribution in [0.3, 0.4) is 0 Å². The average molecular weight is 1530 g/mol. The van der Waals surface area contributed by atoms with Crippen LogP contribution in [0.5, 0.6) is 11.5 Å². The number of amides is 6. The molecular weight excluding hydrogens is 1420 g/mol. The van der Waals surface area contributed by atoms with Gasteiger partial charge in [0.2, 0.25) is 17.7 Å². The summed E-state index contributed by atoms with van der Waals surface area (Å²) in [5.41, 5.74) is 11.8. The van der Waals surface area contributed by atoms with Crippen molar-refractivity contribution in [2.45, 2.75) is 139 Å². The van der Waals surface area contributed by atoms with Gasteiger partial charge in [-0.2, -0.15) is 0 Å². The van der Waals surface area contributed by atoms with Gasteiger partial charge in [-0.15, -0.1) is 0 Å². The van der Waals surface area contributed by atoms with Gasteiger partial charge in [0.05, 0.1) is 14.2 Å². The largest absolute Gasteiger partial charge is 0.497 e. The van der Waals surface area contributed by atoms with Crippen LogP contribution in [-0.4, -0.2) is 226 Å². The summed E-state index contributed by atoms with van der Waals surface area (Å²) in [4.78, 5) is 125. The molecule has 111 heavy (non-hydrogen) atoms. The second-order valence-electron chi connectivity index (χ2n) is 30.2. The molecule has 0 radical (unpaired) electrons. The number of benzene rings is 6. The van der Waals surface area contributed by atoms with Crippen LogP contribution in [-0.2, 0) is 28.8 Å². The molecule has 22 nitrogen and oxygen atoms in total. The normalized spacial score (nSPS) is 20.1. The van der Waals surface area contributed by atoms with Crippen molar-refractivity contribution < 1.29 is 70.9 Å². The number of rotatable bonds is 30. The Morgan fingerprint density at radius 1 is 0.414 bits per heavy atom. The fraction of sp³-hybridized carbons (Fsp3) is 0.477. The first-order valence-corrected chi connectivity index (χ1v) is 38.8. The molecule has 6 aliphatic rings. The van der Waals surface area contributed by atoms with Crippen molar-refractivity contribution in [2.24, 2.45) is 17.6 Å². The predicted octanol–water partition coefficient (Wildman–Crippen LogP) is 10.0. The number of carbonyl (C=O) groups is 9. The number of ether oxygens (including phenoxy) is 2. The van der Waals surface area contributed by atoms with Gasteiger partial charge >= 0.3 is 5.97 Å². The molecule has 25 heteroatoms. The molecule has 3 saturated carbocycles. The Labute approximate surface area is 649 Å². The number of Topliss-reactive ketones (excluding diaryl/α,β-unsaturated/α-hetero) is 2. The summed E-state index contributed by atoms with van der Waals surface area (Å²) >= 11 is 0. The fourth-order valence-corrected chi connectivity index (χ4v) is 14.2. The lowest BCUT2D eigenvalue weighted by molar-refractivity contribution is -0.138. The molecule has 9 atom stereocenters. The molecule has 0 bridgehead atoms. The summed E-state index contributed by atoms with van der Waals surface area (Å²) in [5, 5.41) is 17.2. The van der Waals surface area contributed by atoms with E-state index in [0.29, 0.717) is 137 Å². The van der Waals surface area contributed by atoms with Crippen molar-refractivity contribution in [3.63, 3.8) is 0 Å². The maximum Gasteiger partial charge on any atom is 0.303 e. The third kappa shape index (κ3) is 27.3. The fourth-order valence-electron chi connectivity index (χ4n) is 14.2. The van der Waals surface area contributed by atoms with Crippen LogP contribution in [0.4, 0.5) is 13.2 Å². The second-order valence-corrected chi connectivity index (χ2v) is 30.2. The smallest absolute Gasteiger partial charge is 0.303 e. The highest BCUT2D eigenvalue weighted by atomic mass is 19.1. The number of likely N-dealkylation sites (N-methyl/N-ethyl adjacent to an activating group) is 3. The first kappa shape index (κ1) is 85.2. The molecule has 3 aliphatic carbocycles. The minimum Gasteiger partial charge on any atom is -0.497 e. The van der Waals surface area contributed by atoms with Crippen molar-refractivity contribution >= 4 is 53.0 Å². The van der Waals surface area contributed by atoms with E-state index >= 15 is 0 Å². The zero-order valence-electron chi connectivity index (χ0n) is 64.8. The SMILES string of the molecule is CN1CCN(C(=O)[C@H](CCCC(=O)O)NC(=O)c2ccc(F)cc2)CC1.COc1ccc([C@@H]2C[C@H]2CC(=O)CCC[C@H](NC(=O)c2ccc(F)cc2)C(=O)N2CCN(C)CC2)cc1.COc1ccc([C@@H]2C[C@H]2CC(=O)CCC[C@H](NC(=O)c2ccc(F)cc2)C(=O)N2CCN(C)CC2)cc1.Cc1ccc(C2C[C@H]2N)cc1. The Kier molecular flexibility index (Phi) is 32.2. The molecule has 6 N–H and O–H groups in total. The van der Waals surface area contributed by atoms with E-state index in [2.05, 4.69) is 86.1 Å². The van der Waals surface area contributed by atoms with Gasteiger partial charge in [0.15, 0.2) is 0 Å². The van der Waals surface area contributed by atoms with E-state index in [9.17, 15) is 56.3 Å². The molecule has 6 fully saturated rings. The highest BCUT2D eigenvalue weighted by Crippen LogP contribution is 2.51. The zero-order chi connectivity index (χ0) is 79.7. The number of piperazine rings is 3. The Morgan fingerprint density at radius 2 is 0.694 bits per heavy atom. The molecule has 0 aromatic heterocycles. The Bertz CT molecular complexity index is 3870. The van der Waals surface area contributed by atoms with Crippen molar-refractivity contribution in [3.05, 3.63) is 202 Å². The van der Waals surface area contributed by atoms with E-state index in [-0.39, 0.29) is 54.1 Å². The summed E-state index contributed by atoms with van der Waals surface area (Å²) in [6.07, 6.45) is 7.29.